The monoisotopic (exact) mass is 456 g/mol. The molecule has 0 aliphatic heterocycles. The van der Waals surface area contributed by atoms with Crippen LogP contribution in [0.15, 0.2) is 5.16 Å². The Balaban J connectivity index is 0.000000980. The van der Waals surface area contributed by atoms with Crippen molar-refractivity contribution >= 4 is 74.6 Å². The van der Waals surface area contributed by atoms with Gasteiger partial charge in [0.05, 0.1) is 11.5 Å². The molecule has 0 bridgehead atoms. The van der Waals surface area contributed by atoms with Crippen molar-refractivity contribution in [2.24, 2.45) is 10.9 Å². The van der Waals surface area contributed by atoms with E-state index in [4.69, 9.17) is 10.9 Å². The van der Waals surface area contributed by atoms with Crippen LogP contribution in [-0.2, 0) is 0 Å². The topological polar surface area (TPSA) is 58.6 Å². The predicted octanol–water partition coefficient (Wildman–Crippen LogP) is 2.96. The Morgan fingerprint density at radius 1 is 1.43 bits per heavy atom. The van der Waals surface area contributed by atoms with Gasteiger partial charge in [-0.25, -0.2) is 0 Å². The molecule has 3 nitrogen and oxygen atoms in total. The van der Waals surface area contributed by atoms with Crippen LogP contribution < -0.4 is 5.73 Å². The van der Waals surface area contributed by atoms with Gasteiger partial charge in [0.25, 0.3) is 0 Å². The summed E-state index contributed by atoms with van der Waals surface area (Å²) < 4.78 is 2.38. The highest BCUT2D eigenvalue weighted by atomic mass is 127. The lowest BCUT2D eigenvalue weighted by Gasteiger charge is -1.99. The van der Waals surface area contributed by atoms with Gasteiger partial charge in [-0.15, -0.1) is 23.7 Å². The lowest BCUT2D eigenvalue weighted by atomic mass is 10.2. The van der Waals surface area contributed by atoms with Crippen molar-refractivity contribution in [3.63, 3.8) is 0 Å². The molecule has 1 aliphatic rings. The van der Waals surface area contributed by atoms with Crippen LogP contribution in [0.1, 0.15) is 23.6 Å². The van der Waals surface area contributed by atoms with Crippen molar-refractivity contribution in [1.29, 1.82) is 0 Å². The van der Waals surface area contributed by atoms with Gasteiger partial charge >= 0.3 is 0 Å². The highest BCUT2D eigenvalue weighted by Crippen LogP contribution is 2.41. The van der Waals surface area contributed by atoms with E-state index < -0.39 is 0 Å². The van der Waals surface area contributed by atoms with E-state index in [1.807, 2.05) is 0 Å². The zero-order chi connectivity index (χ0) is 9.59. The minimum Gasteiger partial charge on any atom is -0.411 e. The molecule has 7 heteroatoms. The fourth-order valence-corrected chi connectivity index (χ4v) is 6.20. The van der Waals surface area contributed by atoms with Crippen molar-refractivity contribution in [3.8, 4) is 0 Å². The molecule has 78 valence electrons. The van der Waals surface area contributed by atoms with Crippen molar-refractivity contribution in [1.82, 2.24) is 0 Å². The highest BCUT2D eigenvalue weighted by molar-refractivity contribution is 14.1. The molecule has 1 unspecified atom stereocenters. The summed E-state index contributed by atoms with van der Waals surface area (Å²) in [6.45, 7) is 0. The first-order valence-electron chi connectivity index (χ1n) is 3.59. The number of nitrogens with zero attached hydrogens (tertiary/aromatic N) is 1. The molecule has 3 N–H and O–H groups in total. The summed E-state index contributed by atoms with van der Waals surface area (Å²) in [5, 5.41) is 12.1. The molecule has 2 rings (SSSR count). The largest absolute Gasteiger partial charge is 0.411 e. The average molecular weight is 456 g/mol. The molecular formula is C7H7ClI2N2OS. The third kappa shape index (κ3) is 1.91. The number of hydrogen-bond donors (Lipinski definition) is 2. The second-order valence-electron chi connectivity index (χ2n) is 2.80. The summed E-state index contributed by atoms with van der Waals surface area (Å²) >= 11 is 6.24. The number of halogens is 3. The summed E-state index contributed by atoms with van der Waals surface area (Å²) in [4.78, 5) is 0. The van der Waals surface area contributed by atoms with E-state index in [0.717, 1.165) is 19.7 Å². The van der Waals surface area contributed by atoms with E-state index in [9.17, 15) is 0 Å². The molecule has 0 spiro atoms. The summed E-state index contributed by atoms with van der Waals surface area (Å²) in [6, 6.07) is 0.00701. The fourth-order valence-electron chi connectivity index (χ4n) is 1.49. The molecule has 1 aromatic rings. The number of thiophene rings is 1. The van der Waals surface area contributed by atoms with Crippen LogP contribution in [0.2, 0.25) is 0 Å². The number of rotatable bonds is 0. The van der Waals surface area contributed by atoms with Crippen molar-refractivity contribution in [2.75, 3.05) is 0 Å². The molecule has 0 radical (unpaired) electrons. The normalized spacial score (nSPS) is 22.2. The van der Waals surface area contributed by atoms with E-state index in [1.165, 1.54) is 2.88 Å². The first-order valence-corrected chi connectivity index (χ1v) is 6.57. The lowest BCUT2D eigenvalue weighted by Crippen LogP contribution is -2.06. The second-order valence-corrected chi connectivity index (χ2v) is 7.44. The zero-order valence-corrected chi connectivity index (χ0v) is 12.8. The first-order chi connectivity index (χ1) is 6.15. The smallest absolute Gasteiger partial charge is 0.0909 e. The molecule has 1 aromatic heterocycles. The van der Waals surface area contributed by atoms with Gasteiger partial charge in [-0.1, -0.05) is 5.16 Å². The van der Waals surface area contributed by atoms with Gasteiger partial charge in [0.2, 0.25) is 0 Å². The number of fused-ring (bicyclic) bond motifs is 1. The van der Waals surface area contributed by atoms with Crippen LogP contribution in [-0.4, -0.2) is 10.9 Å². The summed E-state index contributed by atoms with van der Waals surface area (Å²) in [7, 11) is 0. The Kier molecular flexibility index (Phi) is 4.45. The Bertz CT molecular complexity index is 393. The Labute approximate surface area is 119 Å². The molecule has 1 aliphatic carbocycles. The van der Waals surface area contributed by atoms with Crippen LogP contribution >= 0.6 is 68.9 Å². The van der Waals surface area contributed by atoms with Crippen molar-refractivity contribution in [3.05, 3.63) is 16.9 Å². The van der Waals surface area contributed by atoms with Crippen LogP contribution in [0.25, 0.3) is 0 Å². The molecule has 0 fully saturated rings. The lowest BCUT2D eigenvalue weighted by molar-refractivity contribution is 0.318. The maximum atomic E-state index is 8.80. The third-order valence-corrected chi connectivity index (χ3v) is 5.27. The van der Waals surface area contributed by atoms with E-state index >= 15 is 0 Å². The Morgan fingerprint density at radius 3 is 2.64 bits per heavy atom. The van der Waals surface area contributed by atoms with Gasteiger partial charge in [-0.3, -0.25) is 0 Å². The van der Waals surface area contributed by atoms with Crippen LogP contribution in [0.3, 0.4) is 0 Å². The average Bonchev–Trinajstić information content (AvgIpc) is 2.54. The molecule has 14 heavy (non-hydrogen) atoms. The van der Waals surface area contributed by atoms with E-state index in [1.54, 1.807) is 11.3 Å². The number of nitrogens with two attached hydrogens (primary N) is 1. The Hall–Kier alpha value is 0.880. The maximum Gasteiger partial charge on any atom is 0.0909 e. The fraction of sp³-hybridized carbons (Fsp3) is 0.286. The minimum atomic E-state index is 0. The van der Waals surface area contributed by atoms with Gasteiger partial charge < -0.3 is 10.9 Å². The predicted molar refractivity (Wildman–Crippen MR) is 76.9 cm³/mol. The maximum absolute atomic E-state index is 8.80. The van der Waals surface area contributed by atoms with Crippen molar-refractivity contribution in [2.45, 2.75) is 12.5 Å². The highest BCUT2D eigenvalue weighted by Gasteiger charge is 2.31. The zero-order valence-electron chi connectivity index (χ0n) is 6.83. The van der Waals surface area contributed by atoms with Crippen LogP contribution in [0.4, 0.5) is 0 Å². The quantitative estimate of drug-likeness (QED) is 0.358. The van der Waals surface area contributed by atoms with E-state index in [0.29, 0.717) is 6.42 Å². The summed E-state index contributed by atoms with van der Waals surface area (Å²) in [6.07, 6.45) is 0.654. The van der Waals surface area contributed by atoms with Gasteiger partial charge in [-0.2, -0.15) is 0 Å². The van der Waals surface area contributed by atoms with E-state index in [2.05, 4.69) is 50.3 Å². The number of hydrogen-bond acceptors (Lipinski definition) is 4. The van der Waals surface area contributed by atoms with Crippen molar-refractivity contribution < 1.29 is 5.21 Å². The second kappa shape index (κ2) is 4.81. The molecule has 1 atom stereocenters. The van der Waals surface area contributed by atoms with Crippen LogP contribution in [0, 0.1) is 5.77 Å². The third-order valence-electron chi connectivity index (χ3n) is 2.05. The summed E-state index contributed by atoms with van der Waals surface area (Å²) in [5.41, 5.74) is 8.88. The van der Waals surface area contributed by atoms with Gasteiger partial charge in [-0.05, 0) is 45.2 Å². The van der Waals surface area contributed by atoms with E-state index in [-0.39, 0.29) is 18.4 Å². The molecule has 0 saturated carbocycles. The number of oxime groups is 1. The van der Waals surface area contributed by atoms with Gasteiger partial charge in [0.15, 0.2) is 0 Å². The standard InChI is InChI=1S/C7H6I2N2OS.ClH/c8-6-4-2(10)1-3(11-12)5(4)7(9)13-6;/h2,12H,1,10H2;1H/b11-3+;. The molecular weight excluding hydrogens is 449 g/mol. The summed E-state index contributed by atoms with van der Waals surface area (Å²) in [5.74, 6) is 0. The minimum absolute atomic E-state index is 0. The molecule has 0 saturated heterocycles. The van der Waals surface area contributed by atoms with Gasteiger partial charge in [0.1, 0.15) is 0 Å². The van der Waals surface area contributed by atoms with Crippen LogP contribution in [0.5, 0.6) is 0 Å². The molecule has 0 aromatic carbocycles. The molecule has 1 heterocycles. The SMILES string of the molecule is Cl.NC1C/C(=N\O)c2c(I)sc(I)c21. The molecule has 0 amide bonds. The van der Waals surface area contributed by atoms with Gasteiger partial charge in [0, 0.05) is 23.6 Å². The Morgan fingerprint density at radius 2 is 2.07 bits per heavy atom. The first kappa shape index (κ1) is 12.9.